The van der Waals surface area contributed by atoms with E-state index in [0.29, 0.717) is 23.4 Å². The fraction of sp³-hybridized carbons (Fsp3) is 0.214. The molecule has 1 heterocycles. The Labute approximate surface area is 104 Å². The van der Waals surface area contributed by atoms with E-state index in [1.807, 2.05) is 6.07 Å². The zero-order valence-electron chi connectivity index (χ0n) is 9.76. The molecule has 3 rings (SSSR count). The summed E-state index contributed by atoms with van der Waals surface area (Å²) in [7, 11) is 0. The predicted octanol–water partition coefficient (Wildman–Crippen LogP) is 2.37. The summed E-state index contributed by atoms with van der Waals surface area (Å²) in [6, 6.07) is 6.94. The number of aromatic hydroxyl groups is 1. The second-order valence-corrected chi connectivity index (χ2v) is 4.35. The maximum atomic E-state index is 11.7. The van der Waals surface area contributed by atoms with Gasteiger partial charge in [-0.25, -0.2) is 9.97 Å². The number of para-hydroxylation sites is 1. The number of carbonyl (C=O) groups is 1. The highest BCUT2D eigenvalue weighted by Gasteiger charge is 2.20. The molecule has 4 heteroatoms. The van der Waals surface area contributed by atoms with Crippen LogP contribution in [0.4, 0.5) is 0 Å². The van der Waals surface area contributed by atoms with Gasteiger partial charge in [0.05, 0.1) is 16.8 Å². The third-order valence-electron chi connectivity index (χ3n) is 3.13. The summed E-state index contributed by atoms with van der Waals surface area (Å²) >= 11 is 0. The second-order valence-electron chi connectivity index (χ2n) is 4.35. The van der Waals surface area contributed by atoms with E-state index >= 15 is 0 Å². The number of aromatic nitrogens is 2. The van der Waals surface area contributed by atoms with E-state index in [1.54, 1.807) is 24.4 Å². The number of hydrogen-bond acceptors (Lipinski definition) is 4. The lowest BCUT2D eigenvalue weighted by molar-refractivity contribution is 0.0971. The van der Waals surface area contributed by atoms with Gasteiger partial charge in [-0.1, -0.05) is 12.1 Å². The monoisotopic (exact) mass is 240 g/mol. The van der Waals surface area contributed by atoms with Crippen LogP contribution in [0.15, 0.2) is 30.5 Å². The normalized spacial score (nSPS) is 14.3. The maximum Gasteiger partial charge on any atom is 0.166 e. The van der Waals surface area contributed by atoms with E-state index in [9.17, 15) is 9.90 Å². The molecule has 2 aromatic rings. The lowest BCUT2D eigenvalue weighted by atomic mass is 9.96. The van der Waals surface area contributed by atoms with Crippen LogP contribution in [0.2, 0.25) is 0 Å². The van der Waals surface area contributed by atoms with Crippen molar-refractivity contribution in [3.8, 4) is 17.1 Å². The number of phenolic OH excluding ortho intramolecular Hbond substituents is 1. The number of Topliss-reactive ketones (excluding diaryl/α,β-unsaturated/α-hetero) is 1. The molecule has 1 N–H and O–H groups in total. The summed E-state index contributed by atoms with van der Waals surface area (Å²) in [6.45, 7) is 0. The molecule has 0 saturated carbocycles. The highest BCUT2D eigenvalue weighted by molar-refractivity contribution is 5.97. The summed E-state index contributed by atoms with van der Waals surface area (Å²) in [5.74, 6) is 0.737. The summed E-state index contributed by atoms with van der Waals surface area (Å²) < 4.78 is 0. The number of carbonyl (C=O) groups excluding carboxylic acids is 1. The minimum atomic E-state index is 0.111. The van der Waals surface area contributed by atoms with E-state index in [-0.39, 0.29) is 11.5 Å². The number of nitrogens with zero attached hydrogens (tertiary/aromatic N) is 2. The quantitative estimate of drug-likeness (QED) is 0.831. The zero-order chi connectivity index (χ0) is 12.5. The fourth-order valence-electron chi connectivity index (χ4n) is 2.18. The lowest BCUT2D eigenvalue weighted by Gasteiger charge is -2.14. The van der Waals surface area contributed by atoms with Gasteiger partial charge in [-0.2, -0.15) is 0 Å². The van der Waals surface area contributed by atoms with Gasteiger partial charge < -0.3 is 5.11 Å². The Morgan fingerprint density at radius 3 is 2.78 bits per heavy atom. The first kappa shape index (κ1) is 10.9. The minimum Gasteiger partial charge on any atom is -0.507 e. The molecule has 0 radical (unpaired) electrons. The molecule has 0 unspecified atom stereocenters. The number of phenols is 1. The van der Waals surface area contributed by atoms with Crippen molar-refractivity contribution in [2.24, 2.45) is 0 Å². The van der Waals surface area contributed by atoms with Crippen molar-refractivity contribution < 1.29 is 9.90 Å². The highest BCUT2D eigenvalue weighted by atomic mass is 16.3. The van der Waals surface area contributed by atoms with Gasteiger partial charge in [-0.15, -0.1) is 0 Å². The van der Waals surface area contributed by atoms with Gasteiger partial charge in [0.15, 0.2) is 11.6 Å². The number of hydrogen-bond donors (Lipinski definition) is 1. The van der Waals surface area contributed by atoms with Crippen molar-refractivity contribution in [1.82, 2.24) is 9.97 Å². The average molecular weight is 240 g/mol. The third kappa shape index (κ3) is 1.76. The molecule has 0 fully saturated rings. The summed E-state index contributed by atoms with van der Waals surface area (Å²) in [5.41, 5.74) is 2.01. The molecule has 1 aromatic carbocycles. The van der Waals surface area contributed by atoms with Gasteiger partial charge in [0.25, 0.3) is 0 Å². The number of aryl methyl sites for hydroxylation is 1. The van der Waals surface area contributed by atoms with Crippen LogP contribution in [0, 0.1) is 0 Å². The molecule has 0 atom stereocenters. The topological polar surface area (TPSA) is 63.1 Å². The lowest BCUT2D eigenvalue weighted by Crippen LogP contribution is -2.13. The molecule has 0 spiro atoms. The molecule has 1 aliphatic carbocycles. The van der Waals surface area contributed by atoms with E-state index in [2.05, 4.69) is 9.97 Å². The Morgan fingerprint density at radius 1 is 1.11 bits per heavy atom. The van der Waals surface area contributed by atoms with Gasteiger partial charge in [0.1, 0.15) is 5.75 Å². The zero-order valence-corrected chi connectivity index (χ0v) is 9.76. The molecular formula is C14H12N2O2. The number of ketones is 1. The van der Waals surface area contributed by atoms with Crippen LogP contribution < -0.4 is 0 Å². The molecule has 18 heavy (non-hydrogen) atoms. The molecule has 0 bridgehead atoms. The van der Waals surface area contributed by atoms with Crippen molar-refractivity contribution in [1.29, 1.82) is 0 Å². The Bertz CT molecular complexity index is 623. The van der Waals surface area contributed by atoms with Crippen LogP contribution in [0.5, 0.6) is 5.75 Å². The predicted molar refractivity (Wildman–Crippen MR) is 66.4 cm³/mol. The molecule has 0 amide bonds. The fourth-order valence-corrected chi connectivity index (χ4v) is 2.18. The number of fused-ring (bicyclic) bond motifs is 1. The van der Waals surface area contributed by atoms with Gasteiger partial charge in [0, 0.05) is 12.6 Å². The number of benzene rings is 1. The van der Waals surface area contributed by atoms with Crippen molar-refractivity contribution in [2.45, 2.75) is 19.3 Å². The average Bonchev–Trinajstić information content (AvgIpc) is 2.39. The molecular weight excluding hydrogens is 228 g/mol. The van der Waals surface area contributed by atoms with Crippen molar-refractivity contribution in [3.05, 3.63) is 41.7 Å². The molecule has 0 saturated heterocycles. The molecule has 1 aromatic heterocycles. The van der Waals surface area contributed by atoms with Crippen molar-refractivity contribution in [3.63, 3.8) is 0 Å². The van der Waals surface area contributed by atoms with Gasteiger partial charge in [-0.05, 0) is 25.0 Å². The van der Waals surface area contributed by atoms with Crippen LogP contribution in [0.25, 0.3) is 11.4 Å². The summed E-state index contributed by atoms with van der Waals surface area (Å²) in [6.07, 6.45) is 3.78. The summed E-state index contributed by atoms with van der Waals surface area (Å²) in [5, 5.41) is 9.77. The van der Waals surface area contributed by atoms with Crippen LogP contribution in [0.3, 0.4) is 0 Å². The Kier molecular flexibility index (Phi) is 2.55. The first-order chi connectivity index (χ1) is 8.75. The SMILES string of the molecule is O=C1CCCc2nc(-c3ccccc3O)ncc21. The third-order valence-corrected chi connectivity index (χ3v) is 3.13. The first-order valence-corrected chi connectivity index (χ1v) is 5.93. The van der Waals surface area contributed by atoms with E-state index < -0.39 is 0 Å². The highest BCUT2D eigenvalue weighted by Crippen LogP contribution is 2.27. The Hall–Kier alpha value is -2.23. The van der Waals surface area contributed by atoms with Crippen LogP contribution >= 0.6 is 0 Å². The van der Waals surface area contributed by atoms with Crippen LogP contribution in [0.1, 0.15) is 28.9 Å². The van der Waals surface area contributed by atoms with Crippen LogP contribution in [-0.2, 0) is 6.42 Å². The van der Waals surface area contributed by atoms with Crippen LogP contribution in [-0.4, -0.2) is 20.9 Å². The first-order valence-electron chi connectivity index (χ1n) is 5.93. The Balaban J connectivity index is 2.10. The molecule has 90 valence electrons. The minimum absolute atomic E-state index is 0.111. The smallest absolute Gasteiger partial charge is 0.166 e. The van der Waals surface area contributed by atoms with Crippen molar-refractivity contribution >= 4 is 5.78 Å². The van der Waals surface area contributed by atoms with Crippen molar-refractivity contribution in [2.75, 3.05) is 0 Å². The standard InChI is InChI=1S/C14H12N2O2/c17-12-6-2-1-4-9(12)14-15-8-10-11(16-14)5-3-7-13(10)18/h1-2,4,6,8,17H,3,5,7H2. The second kappa shape index (κ2) is 4.22. The van der Waals surface area contributed by atoms with Gasteiger partial charge >= 0.3 is 0 Å². The summed E-state index contributed by atoms with van der Waals surface area (Å²) in [4.78, 5) is 20.3. The number of rotatable bonds is 1. The van der Waals surface area contributed by atoms with E-state index in [1.165, 1.54) is 0 Å². The largest absolute Gasteiger partial charge is 0.507 e. The van der Waals surface area contributed by atoms with E-state index in [0.717, 1.165) is 18.5 Å². The molecule has 0 aliphatic heterocycles. The Morgan fingerprint density at radius 2 is 1.94 bits per heavy atom. The molecule has 4 nitrogen and oxygen atoms in total. The van der Waals surface area contributed by atoms with Gasteiger partial charge in [0.2, 0.25) is 0 Å². The van der Waals surface area contributed by atoms with E-state index in [4.69, 9.17) is 0 Å². The maximum absolute atomic E-state index is 11.7. The van der Waals surface area contributed by atoms with Gasteiger partial charge in [-0.3, -0.25) is 4.79 Å². The molecule has 1 aliphatic rings.